The van der Waals surface area contributed by atoms with Crippen LogP contribution in [0, 0.1) is 0 Å². The Bertz CT molecular complexity index is 3110. The van der Waals surface area contributed by atoms with E-state index in [2.05, 4.69) is 189 Å². The fourth-order valence-electron chi connectivity index (χ4n) is 9.26. The van der Waals surface area contributed by atoms with E-state index in [-0.39, 0.29) is 5.41 Å². The molecule has 0 saturated carbocycles. The maximum atomic E-state index is 4.86. The Kier molecular flexibility index (Phi) is 7.00. The molecule has 8 aromatic carbocycles. The molecule has 2 heteroatoms. The lowest BCUT2D eigenvalue weighted by molar-refractivity contribution is 0.661. The molecule has 1 aliphatic carbocycles. The van der Waals surface area contributed by atoms with Gasteiger partial charge in [-0.25, -0.2) is 0 Å². The first-order valence-electron chi connectivity index (χ1n) is 19.2. The molecule has 0 saturated heterocycles. The van der Waals surface area contributed by atoms with Crippen molar-refractivity contribution >= 4 is 48.8 Å². The first kappa shape index (κ1) is 31.7. The van der Waals surface area contributed by atoms with Crippen molar-refractivity contribution in [1.82, 2.24) is 10.3 Å². The summed E-state index contributed by atoms with van der Waals surface area (Å²) in [5.41, 5.74) is 14.5. The third kappa shape index (κ3) is 4.98. The van der Waals surface area contributed by atoms with E-state index < -0.39 is 0 Å². The van der Waals surface area contributed by atoms with Gasteiger partial charge in [0.05, 0.1) is 11.4 Å². The van der Waals surface area contributed by atoms with Crippen molar-refractivity contribution in [1.29, 1.82) is 0 Å². The Morgan fingerprint density at radius 1 is 0.491 bits per heavy atom. The highest BCUT2D eigenvalue weighted by Gasteiger charge is 2.37. The van der Waals surface area contributed by atoms with E-state index in [1.54, 1.807) is 0 Å². The fourth-order valence-corrected chi connectivity index (χ4v) is 9.26. The number of hydrogen-bond donors (Lipinski definition) is 1. The summed E-state index contributed by atoms with van der Waals surface area (Å²) in [6.07, 6.45) is 8.30. The SMILES string of the molecule is CC1(C)c2cc(-c3ccc(C4=CC=CCN4)nc3)ccc2-c2cc3c(-c4ccc5ccccc5c4)c4ccccc4c(-c4ccc5ccccc5c4)c3cc21. The summed E-state index contributed by atoms with van der Waals surface area (Å²) in [5.74, 6) is 0. The zero-order valence-corrected chi connectivity index (χ0v) is 30.9. The molecule has 9 aromatic rings. The molecule has 0 fully saturated rings. The Balaban J connectivity index is 1.16. The molecule has 0 amide bonds. The molecule has 1 aromatic heterocycles. The monoisotopic (exact) mass is 702 g/mol. The highest BCUT2D eigenvalue weighted by atomic mass is 14.9. The topological polar surface area (TPSA) is 24.9 Å². The summed E-state index contributed by atoms with van der Waals surface area (Å²) in [7, 11) is 0. The number of rotatable bonds is 4. The Labute approximate surface area is 321 Å². The van der Waals surface area contributed by atoms with E-state index in [1.165, 1.54) is 93.2 Å². The smallest absolute Gasteiger partial charge is 0.0861 e. The Morgan fingerprint density at radius 2 is 1.07 bits per heavy atom. The molecular formula is C53H38N2. The Hall–Kier alpha value is -6.77. The number of aromatic nitrogens is 1. The molecule has 0 unspecified atom stereocenters. The molecule has 1 N–H and O–H groups in total. The van der Waals surface area contributed by atoms with Crippen molar-refractivity contribution in [2.45, 2.75) is 19.3 Å². The normalized spacial score (nSPS) is 14.3. The van der Waals surface area contributed by atoms with E-state index in [4.69, 9.17) is 4.98 Å². The van der Waals surface area contributed by atoms with Crippen LogP contribution in [-0.4, -0.2) is 11.5 Å². The molecule has 2 nitrogen and oxygen atoms in total. The average Bonchev–Trinajstić information content (AvgIpc) is 3.46. The fraction of sp³-hybridized carbons (Fsp3) is 0.0755. The van der Waals surface area contributed by atoms with Gasteiger partial charge < -0.3 is 5.32 Å². The zero-order valence-electron chi connectivity index (χ0n) is 30.9. The van der Waals surface area contributed by atoms with Crippen molar-refractivity contribution in [3.05, 3.63) is 193 Å². The number of fused-ring (bicyclic) bond motifs is 7. The minimum atomic E-state index is -0.208. The first-order valence-corrected chi connectivity index (χ1v) is 19.2. The summed E-state index contributed by atoms with van der Waals surface area (Å²) in [6, 6.07) is 56.7. The number of benzene rings is 8. The molecule has 11 rings (SSSR count). The van der Waals surface area contributed by atoms with E-state index in [0.717, 1.165) is 23.5 Å². The van der Waals surface area contributed by atoms with Gasteiger partial charge >= 0.3 is 0 Å². The van der Waals surface area contributed by atoms with Crippen molar-refractivity contribution in [2.75, 3.05) is 6.54 Å². The highest BCUT2D eigenvalue weighted by Crippen LogP contribution is 2.54. The third-order valence-electron chi connectivity index (χ3n) is 12.1. The van der Waals surface area contributed by atoms with Gasteiger partial charge in [0.15, 0.2) is 0 Å². The number of nitrogens with zero attached hydrogens (tertiary/aromatic N) is 1. The molecule has 0 spiro atoms. The molecule has 1 aliphatic heterocycles. The van der Waals surface area contributed by atoms with Gasteiger partial charge in [0.25, 0.3) is 0 Å². The quantitative estimate of drug-likeness (QED) is 0.185. The summed E-state index contributed by atoms with van der Waals surface area (Å²) >= 11 is 0. The molecule has 2 heterocycles. The van der Waals surface area contributed by atoms with Crippen LogP contribution in [-0.2, 0) is 5.41 Å². The maximum Gasteiger partial charge on any atom is 0.0861 e. The van der Waals surface area contributed by atoms with Crippen LogP contribution in [0.1, 0.15) is 30.7 Å². The molecule has 2 aliphatic rings. The van der Waals surface area contributed by atoms with Gasteiger partial charge in [0.2, 0.25) is 0 Å². The largest absolute Gasteiger partial charge is 0.380 e. The van der Waals surface area contributed by atoms with Crippen molar-refractivity contribution in [3.8, 4) is 44.5 Å². The standard InChI is InChI=1S/C53H38N2/c1-53(2)47-29-37(40-23-25-50(55-32-40)49-17-9-10-26-54-49)22-24-41(47)44-30-45-46(31-48(44)53)52(39-21-19-34-12-4-6-14-36(34)28-39)43-16-8-7-15-42(43)51(45)38-20-18-33-11-3-5-13-35(33)27-38/h3-25,27-32,54H,26H2,1-2H3. The maximum absolute atomic E-state index is 4.86. The second-order valence-corrected chi connectivity index (χ2v) is 15.6. The number of hydrogen-bond acceptors (Lipinski definition) is 2. The summed E-state index contributed by atoms with van der Waals surface area (Å²) in [6.45, 7) is 5.61. The van der Waals surface area contributed by atoms with Crippen LogP contribution < -0.4 is 5.32 Å². The summed E-state index contributed by atoms with van der Waals surface area (Å²) in [5, 5.41) is 13.6. The number of dihydropyridines is 1. The number of allylic oxidation sites excluding steroid dienone is 2. The Morgan fingerprint density at radius 3 is 1.69 bits per heavy atom. The zero-order chi connectivity index (χ0) is 36.7. The van der Waals surface area contributed by atoms with Gasteiger partial charge in [0.1, 0.15) is 0 Å². The van der Waals surface area contributed by atoms with Crippen LogP contribution in [0.15, 0.2) is 176 Å². The summed E-state index contributed by atoms with van der Waals surface area (Å²) < 4.78 is 0. The van der Waals surface area contributed by atoms with Gasteiger partial charge in [-0.1, -0.05) is 141 Å². The molecule has 0 bridgehead atoms. The van der Waals surface area contributed by atoms with Crippen LogP contribution in [0.2, 0.25) is 0 Å². The highest BCUT2D eigenvalue weighted by molar-refractivity contribution is 6.23. The van der Waals surface area contributed by atoms with E-state index in [0.29, 0.717) is 0 Å². The minimum Gasteiger partial charge on any atom is -0.380 e. The third-order valence-corrected chi connectivity index (χ3v) is 12.1. The van der Waals surface area contributed by atoms with Crippen LogP contribution >= 0.6 is 0 Å². The van der Waals surface area contributed by atoms with Crippen molar-refractivity contribution < 1.29 is 0 Å². The van der Waals surface area contributed by atoms with Crippen LogP contribution in [0.5, 0.6) is 0 Å². The van der Waals surface area contributed by atoms with Crippen molar-refractivity contribution in [2.24, 2.45) is 0 Å². The molecule has 55 heavy (non-hydrogen) atoms. The van der Waals surface area contributed by atoms with Gasteiger partial charge in [-0.3, -0.25) is 4.98 Å². The van der Waals surface area contributed by atoms with E-state index in [9.17, 15) is 0 Å². The van der Waals surface area contributed by atoms with Gasteiger partial charge in [-0.15, -0.1) is 0 Å². The average molecular weight is 703 g/mol. The molecule has 260 valence electrons. The van der Waals surface area contributed by atoms with Crippen LogP contribution in [0.25, 0.3) is 93.3 Å². The lowest BCUT2D eigenvalue weighted by Gasteiger charge is -2.24. The van der Waals surface area contributed by atoms with E-state index in [1.807, 2.05) is 6.20 Å². The predicted molar refractivity (Wildman–Crippen MR) is 233 cm³/mol. The minimum absolute atomic E-state index is 0.208. The number of pyridine rings is 1. The first-order chi connectivity index (χ1) is 27.0. The second kappa shape index (κ2) is 12.1. The van der Waals surface area contributed by atoms with Crippen molar-refractivity contribution in [3.63, 3.8) is 0 Å². The lowest BCUT2D eigenvalue weighted by Crippen LogP contribution is -2.15. The predicted octanol–water partition coefficient (Wildman–Crippen LogP) is 13.5. The van der Waals surface area contributed by atoms with Gasteiger partial charge in [-0.05, 0) is 136 Å². The van der Waals surface area contributed by atoms with Gasteiger partial charge in [0, 0.05) is 23.7 Å². The molecular weight excluding hydrogens is 665 g/mol. The lowest BCUT2D eigenvalue weighted by atomic mass is 9.79. The molecule has 0 radical (unpaired) electrons. The van der Waals surface area contributed by atoms with Gasteiger partial charge in [-0.2, -0.15) is 0 Å². The van der Waals surface area contributed by atoms with Crippen LogP contribution in [0.4, 0.5) is 0 Å². The summed E-state index contributed by atoms with van der Waals surface area (Å²) in [4.78, 5) is 4.86. The van der Waals surface area contributed by atoms with Crippen LogP contribution in [0.3, 0.4) is 0 Å². The van der Waals surface area contributed by atoms with E-state index >= 15 is 0 Å². The number of nitrogens with one attached hydrogen (secondary N) is 1. The molecule has 0 atom stereocenters. The second-order valence-electron chi connectivity index (χ2n) is 15.6.